The Balaban J connectivity index is 2.10. The zero-order chi connectivity index (χ0) is 22.6. The third-order valence-electron chi connectivity index (χ3n) is 4.43. The van der Waals surface area contributed by atoms with Crippen molar-refractivity contribution in [1.82, 2.24) is 9.66 Å². The third-order valence-corrected chi connectivity index (χ3v) is 4.92. The van der Waals surface area contributed by atoms with Crippen LogP contribution in [0.3, 0.4) is 0 Å². The number of hydrogen-bond donors (Lipinski definition) is 0. The van der Waals surface area contributed by atoms with E-state index in [1.165, 1.54) is 4.68 Å². The standard InChI is InChI=1S/C24H26BrN3O3/c1-6-12-31-20-11-8-16(13-21(20)30-7-2)15-26-28-22(29)18-14-17(25)9-10-19(18)27-23(28)24(3,4)5/h6,8-11,13-15H,1,7,12H2,2-5H3. The van der Waals surface area contributed by atoms with Crippen molar-refractivity contribution in [2.24, 2.45) is 5.10 Å². The van der Waals surface area contributed by atoms with Crippen molar-refractivity contribution in [2.45, 2.75) is 33.1 Å². The summed E-state index contributed by atoms with van der Waals surface area (Å²) in [7, 11) is 0. The summed E-state index contributed by atoms with van der Waals surface area (Å²) in [5.41, 5.74) is 0.822. The zero-order valence-electron chi connectivity index (χ0n) is 18.2. The van der Waals surface area contributed by atoms with Crippen LogP contribution < -0.4 is 15.0 Å². The molecule has 0 aliphatic rings. The minimum absolute atomic E-state index is 0.219. The van der Waals surface area contributed by atoms with Crippen molar-refractivity contribution < 1.29 is 9.47 Å². The van der Waals surface area contributed by atoms with Crippen LogP contribution in [0.5, 0.6) is 11.5 Å². The molecule has 31 heavy (non-hydrogen) atoms. The molecule has 0 fully saturated rings. The molecule has 3 aromatic rings. The molecule has 2 aromatic carbocycles. The van der Waals surface area contributed by atoms with E-state index in [0.29, 0.717) is 41.4 Å². The maximum atomic E-state index is 13.2. The summed E-state index contributed by atoms with van der Waals surface area (Å²) in [6.07, 6.45) is 3.30. The van der Waals surface area contributed by atoms with E-state index in [9.17, 15) is 4.79 Å². The monoisotopic (exact) mass is 483 g/mol. The first kappa shape index (κ1) is 22.7. The van der Waals surface area contributed by atoms with Gasteiger partial charge < -0.3 is 9.47 Å². The first-order valence-electron chi connectivity index (χ1n) is 10.0. The normalized spacial score (nSPS) is 11.8. The van der Waals surface area contributed by atoms with Gasteiger partial charge in [0.15, 0.2) is 11.5 Å². The van der Waals surface area contributed by atoms with Crippen LogP contribution in [0.4, 0.5) is 0 Å². The topological polar surface area (TPSA) is 65.7 Å². The molecule has 162 valence electrons. The highest BCUT2D eigenvalue weighted by Gasteiger charge is 2.23. The highest BCUT2D eigenvalue weighted by Crippen LogP contribution is 2.28. The summed E-state index contributed by atoms with van der Waals surface area (Å²) in [6.45, 7) is 12.5. The van der Waals surface area contributed by atoms with E-state index in [2.05, 4.69) is 27.6 Å². The molecular weight excluding hydrogens is 458 g/mol. The van der Waals surface area contributed by atoms with E-state index in [0.717, 1.165) is 10.0 Å². The number of aromatic nitrogens is 2. The molecule has 0 radical (unpaired) electrons. The molecule has 0 aliphatic carbocycles. The molecular formula is C24H26BrN3O3. The number of benzene rings is 2. The lowest BCUT2D eigenvalue weighted by Gasteiger charge is -2.20. The molecule has 6 nitrogen and oxygen atoms in total. The van der Waals surface area contributed by atoms with Crippen molar-refractivity contribution in [3.05, 3.63) is 75.3 Å². The maximum Gasteiger partial charge on any atom is 0.282 e. The second kappa shape index (κ2) is 9.47. The van der Waals surface area contributed by atoms with E-state index in [-0.39, 0.29) is 11.0 Å². The molecule has 0 aliphatic heterocycles. The SMILES string of the molecule is C=CCOc1ccc(C=Nn2c(C(C)(C)C)nc3ccc(Br)cc3c2=O)cc1OCC. The van der Waals surface area contributed by atoms with Gasteiger partial charge in [-0.1, -0.05) is 49.4 Å². The fourth-order valence-electron chi connectivity index (χ4n) is 3.01. The molecule has 0 bridgehead atoms. The van der Waals surface area contributed by atoms with Crippen LogP contribution in [0.1, 0.15) is 39.1 Å². The van der Waals surface area contributed by atoms with Gasteiger partial charge in [0.05, 0.1) is 23.7 Å². The average molecular weight is 484 g/mol. The first-order chi connectivity index (χ1) is 14.7. The summed E-state index contributed by atoms with van der Waals surface area (Å²) in [4.78, 5) is 18.0. The minimum Gasteiger partial charge on any atom is -0.490 e. The number of ether oxygens (including phenoxy) is 2. The van der Waals surface area contributed by atoms with Crippen LogP contribution >= 0.6 is 15.9 Å². The number of rotatable bonds is 7. The molecule has 0 spiro atoms. The fraction of sp³-hybridized carbons (Fsp3) is 0.292. The van der Waals surface area contributed by atoms with Gasteiger partial charge in [0.2, 0.25) is 0 Å². The average Bonchev–Trinajstić information content (AvgIpc) is 2.72. The quantitative estimate of drug-likeness (QED) is 0.337. The van der Waals surface area contributed by atoms with E-state index in [1.807, 2.05) is 58.0 Å². The largest absolute Gasteiger partial charge is 0.490 e. The van der Waals surface area contributed by atoms with Crippen LogP contribution in [0.2, 0.25) is 0 Å². The van der Waals surface area contributed by atoms with Crippen molar-refractivity contribution in [2.75, 3.05) is 13.2 Å². The highest BCUT2D eigenvalue weighted by atomic mass is 79.9. The smallest absolute Gasteiger partial charge is 0.282 e. The Morgan fingerprint density at radius 1 is 1.16 bits per heavy atom. The summed E-state index contributed by atoms with van der Waals surface area (Å²) in [6, 6.07) is 11.0. The van der Waals surface area contributed by atoms with Crippen LogP contribution in [0.15, 0.2) is 63.4 Å². The Kier molecular flexibility index (Phi) is 6.95. The lowest BCUT2D eigenvalue weighted by atomic mass is 9.95. The Bertz CT molecular complexity index is 1190. The highest BCUT2D eigenvalue weighted by molar-refractivity contribution is 9.10. The van der Waals surface area contributed by atoms with E-state index < -0.39 is 0 Å². The van der Waals surface area contributed by atoms with Crippen LogP contribution in [0, 0.1) is 0 Å². The van der Waals surface area contributed by atoms with Crippen molar-refractivity contribution in [3.8, 4) is 11.5 Å². The lowest BCUT2D eigenvalue weighted by molar-refractivity contribution is 0.297. The number of halogens is 1. The molecule has 0 saturated heterocycles. The van der Waals surface area contributed by atoms with Crippen LogP contribution in [0.25, 0.3) is 10.9 Å². The zero-order valence-corrected chi connectivity index (χ0v) is 19.8. The predicted octanol–water partition coefficient (Wildman–Crippen LogP) is 5.30. The number of fused-ring (bicyclic) bond motifs is 1. The summed E-state index contributed by atoms with van der Waals surface area (Å²) in [5, 5.41) is 5.01. The Hall–Kier alpha value is -2.93. The van der Waals surface area contributed by atoms with E-state index >= 15 is 0 Å². The Labute approximate surface area is 190 Å². The van der Waals surface area contributed by atoms with Crippen LogP contribution in [-0.2, 0) is 5.41 Å². The van der Waals surface area contributed by atoms with Gasteiger partial charge in [-0.3, -0.25) is 4.79 Å². The van der Waals surface area contributed by atoms with E-state index in [4.69, 9.17) is 14.5 Å². The number of nitrogens with zero attached hydrogens (tertiary/aromatic N) is 3. The van der Waals surface area contributed by atoms with Gasteiger partial charge >= 0.3 is 0 Å². The van der Waals surface area contributed by atoms with Gasteiger partial charge in [0.25, 0.3) is 5.56 Å². The third kappa shape index (κ3) is 5.22. The molecule has 0 N–H and O–H groups in total. The Morgan fingerprint density at radius 3 is 2.61 bits per heavy atom. The second-order valence-corrected chi connectivity index (χ2v) is 8.86. The van der Waals surface area contributed by atoms with Gasteiger partial charge in [0.1, 0.15) is 12.4 Å². The summed E-state index contributed by atoms with van der Waals surface area (Å²) >= 11 is 3.43. The minimum atomic E-state index is -0.378. The van der Waals surface area contributed by atoms with E-state index in [1.54, 1.807) is 18.4 Å². The molecule has 1 heterocycles. The van der Waals surface area contributed by atoms with Gasteiger partial charge in [-0.15, -0.1) is 0 Å². The fourth-order valence-corrected chi connectivity index (χ4v) is 3.37. The van der Waals surface area contributed by atoms with Gasteiger partial charge in [-0.25, -0.2) is 4.98 Å². The lowest BCUT2D eigenvalue weighted by Crippen LogP contribution is -2.29. The van der Waals surface area contributed by atoms with Crippen LogP contribution in [-0.4, -0.2) is 29.1 Å². The molecule has 7 heteroatoms. The summed E-state index contributed by atoms with van der Waals surface area (Å²) in [5.74, 6) is 1.82. The van der Waals surface area contributed by atoms with Gasteiger partial charge in [0, 0.05) is 9.89 Å². The van der Waals surface area contributed by atoms with Crippen molar-refractivity contribution >= 4 is 33.0 Å². The molecule has 0 amide bonds. The van der Waals surface area contributed by atoms with Gasteiger partial charge in [-0.05, 0) is 48.9 Å². The molecule has 1 aromatic heterocycles. The number of hydrogen-bond acceptors (Lipinski definition) is 5. The predicted molar refractivity (Wildman–Crippen MR) is 129 cm³/mol. The first-order valence-corrected chi connectivity index (χ1v) is 10.8. The molecule has 3 rings (SSSR count). The second-order valence-electron chi connectivity index (χ2n) is 7.95. The molecule has 0 atom stereocenters. The van der Waals surface area contributed by atoms with Crippen molar-refractivity contribution in [3.63, 3.8) is 0 Å². The Morgan fingerprint density at radius 2 is 1.94 bits per heavy atom. The molecule has 0 unspecified atom stereocenters. The molecule has 0 saturated carbocycles. The summed E-state index contributed by atoms with van der Waals surface area (Å²) < 4.78 is 13.5. The maximum absolute atomic E-state index is 13.2. The van der Waals surface area contributed by atoms with Gasteiger partial charge in [-0.2, -0.15) is 9.78 Å². The van der Waals surface area contributed by atoms with Crippen molar-refractivity contribution in [1.29, 1.82) is 0 Å².